The van der Waals surface area contributed by atoms with E-state index in [1.807, 2.05) is 0 Å². The molecule has 12 nitrogen and oxygen atoms in total. The molecule has 2 aromatic carbocycles. The minimum Gasteiger partial charge on any atom is -0.322 e. The highest BCUT2D eigenvalue weighted by atomic mass is 35.5. The second-order valence-electron chi connectivity index (χ2n) is 7.20. The van der Waals surface area contributed by atoms with Gasteiger partial charge in [0.05, 0.1) is 21.0 Å². The van der Waals surface area contributed by atoms with Gasteiger partial charge in [-0.15, -0.1) is 0 Å². The monoisotopic (exact) mass is 554 g/mol. The maximum atomic E-state index is 11.9. The number of non-ortho nitro benzene ring substituents is 2. The van der Waals surface area contributed by atoms with Crippen LogP contribution in [0.3, 0.4) is 0 Å². The number of carbonyl (C=O) groups excluding carboxylic acids is 2. The summed E-state index contributed by atoms with van der Waals surface area (Å²) < 4.78 is 0. The third kappa shape index (κ3) is 7.53. The molecule has 2 N–H and O–H groups in total. The number of rotatable bonds is 6. The second kappa shape index (κ2) is 12.9. The highest BCUT2D eigenvalue weighted by Gasteiger charge is 2.13. The first-order valence-electron chi connectivity index (χ1n) is 10.5. The summed E-state index contributed by atoms with van der Waals surface area (Å²) in [4.78, 5) is 51.3. The van der Waals surface area contributed by atoms with E-state index in [-0.39, 0.29) is 32.8 Å². The molecule has 0 saturated heterocycles. The molecule has 0 bridgehead atoms. The number of nitro benzene ring substituents is 2. The highest BCUT2D eigenvalue weighted by Crippen LogP contribution is 2.19. The Labute approximate surface area is 224 Å². The lowest BCUT2D eigenvalue weighted by atomic mass is 10.2. The summed E-state index contributed by atoms with van der Waals surface area (Å²) in [6, 6.07) is 17.3. The molecule has 192 valence electrons. The van der Waals surface area contributed by atoms with Crippen molar-refractivity contribution in [3.8, 4) is 0 Å². The van der Waals surface area contributed by atoms with Gasteiger partial charge in [-0.3, -0.25) is 29.8 Å². The minimum atomic E-state index is -0.510. The molecule has 0 saturated carbocycles. The molecule has 0 aliphatic carbocycles. The van der Waals surface area contributed by atoms with Crippen molar-refractivity contribution < 1.29 is 19.4 Å². The largest absolute Gasteiger partial charge is 0.322 e. The Bertz CT molecular complexity index is 1370. The fourth-order valence-corrected chi connectivity index (χ4v) is 3.25. The first kappa shape index (κ1) is 27.6. The zero-order chi connectivity index (χ0) is 27.7. The fraction of sp³-hybridized carbons (Fsp3) is 0. The van der Waals surface area contributed by atoms with E-state index in [1.54, 1.807) is 12.1 Å². The van der Waals surface area contributed by atoms with Crippen LogP contribution in [-0.2, 0) is 0 Å². The maximum Gasteiger partial charge on any atom is 0.269 e. The molecule has 2 aromatic heterocycles. The van der Waals surface area contributed by atoms with Gasteiger partial charge in [0, 0.05) is 48.0 Å². The number of benzene rings is 2. The van der Waals surface area contributed by atoms with Crippen LogP contribution in [0.4, 0.5) is 22.7 Å². The Morgan fingerprint density at radius 1 is 0.632 bits per heavy atom. The van der Waals surface area contributed by atoms with Gasteiger partial charge in [0.1, 0.15) is 10.3 Å². The van der Waals surface area contributed by atoms with Crippen LogP contribution in [0, 0.1) is 20.2 Å². The van der Waals surface area contributed by atoms with Crippen molar-refractivity contribution in [2.24, 2.45) is 0 Å². The molecule has 4 aromatic rings. The van der Waals surface area contributed by atoms with Crippen LogP contribution in [0.25, 0.3) is 0 Å². The van der Waals surface area contributed by atoms with Gasteiger partial charge in [-0.1, -0.05) is 23.2 Å². The van der Waals surface area contributed by atoms with Gasteiger partial charge < -0.3 is 10.6 Å². The molecule has 2 amide bonds. The summed E-state index contributed by atoms with van der Waals surface area (Å²) in [6.45, 7) is 0. The van der Waals surface area contributed by atoms with Crippen LogP contribution >= 0.6 is 23.2 Å². The van der Waals surface area contributed by atoms with Crippen molar-refractivity contribution in [2.45, 2.75) is 0 Å². The minimum absolute atomic E-state index is 0.0441. The smallest absolute Gasteiger partial charge is 0.269 e. The number of hydrogen-bond acceptors (Lipinski definition) is 8. The number of pyridine rings is 2. The van der Waals surface area contributed by atoms with Crippen LogP contribution in [0.5, 0.6) is 0 Å². The maximum absolute atomic E-state index is 11.9. The number of anilines is 2. The molecule has 4 rings (SSSR count). The van der Waals surface area contributed by atoms with E-state index in [1.165, 1.54) is 73.1 Å². The van der Waals surface area contributed by atoms with Crippen molar-refractivity contribution in [1.82, 2.24) is 9.97 Å². The molecule has 0 aliphatic rings. The van der Waals surface area contributed by atoms with Gasteiger partial charge in [-0.2, -0.15) is 0 Å². The summed E-state index contributed by atoms with van der Waals surface area (Å²) >= 11 is 11.6. The van der Waals surface area contributed by atoms with Gasteiger partial charge in [0.15, 0.2) is 0 Å². The predicted octanol–water partition coefficient (Wildman–Crippen LogP) is 5.79. The molecular weight excluding hydrogens is 539 g/mol. The quantitative estimate of drug-likeness (QED) is 0.171. The van der Waals surface area contributed by atoms with Crippen molar-refractivity contribution in [1.29, 1.82) is 0 Å². The number of amides is 2. The summed E-state index contributed by atoms with van der Waals surface area (Å²) in [5, 5.41) is 26.3. The third-order valence-corrected chi connectivity index (χ3v) is 5.28. The molecule has 0 radical (unpaired) electrons. The van der Waals surface area contributed by atoms with Crippen LogP contribution in [-0.4, -0.2) is 31.6 Å². The van der Waals surface area contributed by atoms with Crippen LogP contribution in [0.1, 0.15) is 20.7 Å². The standard InChI is InChI=1S/2C12H8ClN3O3/c2*13-11-10(2-1-7-14-11)12(17)15-8-3-5-9(6-4-8)16(18)19/h2*1-7H,(H,15,17). The summed E-state index contributed by atoms with van der Waals surface area (Å²) in [5.74, 6) is -0.848. The molecule has 0 fully saturated rings. The number of nitrogens with one attached hydrogen (secondary N) is 2. The summed E-state index contributed by atoms with van der Waals surface area (Å²) in [5.41, 5.74) is 1.27. The Morgan fingerprint density at radius 3 is 1.26 bits per heavy atom. The number of nitrogens with zero attached hydrogens (tertiary/aromatic N) is 4. The first-order chi connectivity index (χ1) is 18.2. The van der Waals surface area contributed by atoms with E-state index in [4.69, 9.17) is 23.2 Å². The predicted molar refractivity (Wildman–Crippen MR) is 141 cm³/mol. The highest BCUT2D eigenvalue weighted by molar-refractivity contribution is 6.33. The van der Waals surface area contributed by atoms with Gasteiger partial charge in [0.2, 0.25) is 0 Å². The summed E-state index contributed by atoms with van der Waals surface area (Å²) in [7, 11) is 0. The molecule has 0 spiro atoms. The average molecular weight is 555 g/mol. The van der Waals surface area contributed by atoms with Crippen LogP contribution < -0.4 is 10.6 Å². The molecule has 38 heavy (non-hydrogen) atoms. The topological polar surface area (TPSA) is 170 Å². The van der Waals surface area contributed by atoms with E-state index in [0.29, 0.717) is 11.4 Å². The number of nitro groups is 2. The SMILES string of the molecule is O=C(Nc1ccc([N+](=O)[O-])cc1)c1cccnc1Cl.O=C(Nc1ccc([N+](=O)[O-])cc1)c1cccnc1Cl. The van der Waals surface area contributed by atoms with Crippen LogP contribution in [0.2, 0.25) is 10.3 Å². The molecule has 2 heterocycles. The number of aromatic nitrogens is 2. The van der Waals surface area contributed by atoms with Crippen molar-refractivity contribution in [3.05, 3.63) is 127 Å². The van der Waals surface area contributed by atoms with Gasteiger partial charge >= 0.3 is 0 Å². The lowest BCUT2D eigenvalue weighted by Gasteiger charge is -2.05. The second-order valence-corrected chi connectivity index (χ2v) is 7.92. The third-order valence-electron chi connectivity index (χ3n) is 4.68. The van der Waals surface area contributed by atoms with Crippen LogP contribution in [0.15, 0.2) is 85.2 Å². The molecule has 0 unspecified atom stereocenters. The lowest BCUT2D eigenvalue weighted by Crippen LogP contribution is -2.12. The van der Waals surface area contributed by atoms with E-state index in [0.717, 1.165) is 0 Å². The number of hydrogen-bond donors (Lipinski definition) is 2. The van der Waals surface area contributed by atoms with Gasteiger partial charge in [-0.25, -0.2) is 9.97 Å². The Balaban J connectivity index is 0.000000211. The summed E-state index contributed by atoms with van der Waals surface area (Å²) in [6.07, 6.45) is 2.95. The van der Waals surface area contributed by atoms with E-state index >= 15 is 0 Å². The number of carbonyl (C=O) groups is 2. The first-order valence-corrected chi connectivity index (χ1v) is 11.2. The van der Waals surface area contributed by atoms with E-state index in [2.05, 4.69) is 20.6 Å². The van der Waals surface area contributed by atoms with Crippen molar-refractivity contribution in [3.63, 3.8) is 0 Å². The normalized spacial score (nSPS) is 9.95. The molecule has 0 aliphatic heterocycles. The van der Waals surface area contributed by atoms with Gasteiger partial charge in [0.25, 0.3) is 23.2 Å². The Morgan fingerprint density at radius 2 is 0.974 bits per heavy atom. The van der Waals surface area contributed by atoms with E-state index in [9.17, 15) is 29.8 Å². The molecule has 14 heteroatoms. The van der Waals surface area contributed by atoms with Crippen molar-refractivity contribution >= 4 is 57.8 Å². The average Bonchev–Trinajstić information content (AvgIpc) is 2.90. The molecular formula is C24H16Cl2N6O6. The van der Waals surface area contributed by atoms with Gasteiger partial charge in [-0.05, 0) is 48.5 Å². The lowest BCUT2D eigenvalue weighted by molar-refractivity contribution is -0.385. The molecule has 0 atom stereocenters. The van der Waals surface area contributed by atoms with Crippen molar-refractivity contribution in [2.75, 3.05) is 10.6 Å². The fourth-order valence-electron chi connectivity index (χ4n) is 2.84. The zero-order valence-electron chi connectivity index (χ0n) is 19.1. The van der Waals surface area contributed by atoms with E-state index < -0.39 is 21.7 Å². The Hall–Kier alpha value is -4.94. The zero-order valence-corrected chi connectivity index (χ0v) is 20.6. The Kier molecular flexibility index (Phi) is 9.35. The number of halogens is 2.